The lowest BCUT2D eigenvalue weighted by Crippen LogP contribution is -2.43. The van der Waals surface area contributed by atoms with E-state index in [-0.39, 0.29) is 4.90 Å². The van der Waals surface area contributed by atoms with Crippen LogP contribution in [0.3, 0.4) is 0 Å². The summed E-state index contributed by atoms with van der Waals surface area (Å²) in [6, 6.07) is 3.08. The van der Waals surface area contributed by atoms with E-state index in [9.17, 15) is 13.5 Å². The monoisotopic (exact) mass is 316 g/mol. The highest BCUT2D eigenvalue weighted by atomic mass is 32.2. The number of aliphatic hydroxyl groups is 1. The number of hydrogen-bond acceptors (Lipinski definition) is 6. The first-order valence-electron chi connectivity index (χ1n) is 6.54. The quantitative estimate of drug-likeness (QED) is 0.740. The molecule has 0 aromatic carbocycles. The highest BCUT2D eigenvalue weighted by Gasteiger charge is 2.21. The van der Waals surface area contributed by atoms with Gasteiger partial charge in [0.05, 0.1) is 5.60 Å². The van der Waals surface area contributed by atoms with Gasteiger partial charge in [0, 0.05) is 33.4 Å². The Morgan fingerprint density at radius 1 is 1.29 bits per heavy atom. The molecule has 8 heteroatoms. The predicted octanol–water partition coefficient (Wildman–Crippen LogP) is 0.0564. The third kappa shape index (κ3) is 5.24. The van der Waals surface area contributed by atoms with E-state index in [1.165, 1.54) is 26.4 Å². The molecule has 2 N–H and O–H groups in total. The van der Waals surface area contributed by atoms with Crippen molar-refractivity contribution in [3.8, 4) is 0 Å². The molecule has 1 aromatic rings. The number of nitrogens with zero attached hydrogens (tertiary/aromatic N) is 3. The number of hydrogen-bond donors (Lipinski definition) is 2. The minimum absolute atomic E-state index is 0.137. The second kappa shape index (κ2) is 6.69. The van der Waals surface area contributed by atoms with Crippen molar-refractivity contribution in [1.82, 2.24) is 14.2 Å². The normalized spacial score (nSPS) is 15.2. The summed E-state index contributed by atoms with van der Waals surface area (Å²) < 4.78 is 24.9. The van der Waals surface area contributed by atoms with Gasteiger partial charge in [-0.05, 0) is 33.2 Å². The van der Waals surface area contributed by atoms with Gasteiger partial charge < -0.3 is 15.3 Å². The van der Waals surface area contributed by atoms with Crippen LogP contribution in [-0.2, 0) is 10.0 Å². The zero-order valence-electron chi connectivity index (χ0n) is 13.2. The van der Waals surface area contributed by atoms with Gasteiger partial charge in [0.25, 0.3) is 0 Å². The fourth-order valence-corrected chi connectivity index (χ4v) is 2.71. The van der Waals surface area contributed by atoms with E-state index in [0.29, 0.717) is 18.9 Å². The van der Waals surface area contributed by atoms with E-state index < -0.39 is 15.6 Å². The third-order valence-electron chi connectivity index (χ3n) is 2.82. The zero-order chi connectivity index (χ0) is 16.3. The summed E-state index contributed by atoms with van der Waals surface area (Å²) in [6.45, 7) is 2.55. The van der Waals surface area contributed by atoms with Crippen LogP contribution in [0.5, 0.6) is 0 Å². The Labute approximate surface area is 126 Å². The smallest absolute Gasteiger partial charge is 0.244 e. The fraction of sp³-hybridized carbons (Fsp3) is 0.615. The molecule has 21 heavy (non-hydrogen) atoms. The summed E-state index contributed by atoms with van der Waals surface area (Å²) >= 11 is 0. The first-order chi connectivity index (χ1) is 9.54. The van der Waals surface area contributed by atoms with E-state index in [2.05, 4.69) is 10.3 Å². The molecule has 0 fully saturated rings. The molecule has 1 atom stereocenters. The maximum atomic E-state index is 11.9. The van der Waals surface area contributed by atoms with Crippen molar-refractivity contribution < 1.29 is 13.5 Å². The van der Waals surface area contributed by atoms with Crippen LogP contribution < -0.4 is 5.32 Å². The summed E-state index contributed by atoms with van der Waals surface area (Å²) in [5, 5.41) is 13.2. The van der Waals surface area contributed by atoms with Crippen molar-refractivity contribution in [3.63, 3.8) is 0 Å². The summed E-state index contributed by atoms with van der Waals surface area (Å²) in [5.74, 6) is 0.520. The maximum absolute atomic E-state index is 11.9. The lowest BCUT2D eigenvalue weighted by Gasteiger charge is -2.27. The van der Waals surface area contributed by atoms with Gasteiger partial charge in [0.2, 0.25) is 10.0 Å². The summed E-state index contributed by atoms with van der Waals surface area (Å²) in [6.07, 6.45) is 1.30. The van der Waals surface area contributed by atoms with Crippen molar-refractivity contribution >= 4 is 15.8 Å². The number of likely N-dealkylation sites (N-methyl/N-ethyl adjacent to an activating group) is 1. The van der Waals surface area contributed by atoms with Gasteiger partial charge >= 0.3 is 0 Å². The minimum atomic E-state index is -3.47. The van der Waals surface area contributed by atoms with E-state index >= 15 is 0 Å². The van der Waals surface area contributed by atoms with Gasteiger partial charge in [0.1, 0.15) is 10.7 Å². The van der Waals surface area contributed by atoms with Crippen LogP contribution in [0.2, 0.25) is 0 Å². The number of nitrogens with one attached hydrogen (secondary N) is 1. The molecule has 1 heterocycles. The van der Waals surface area contributed by atoms with Gasteiger partial charge in [-0.25, -0.2) is 17.7 Å². The zero-order valence-corrected chi connectivity index (χ0v) is 14.0. The molecule has 7 nitrogen and oxygen atoms in total. The van der Waals surface area contributed by atoms with Crippen LogP contribution in [0.25, 0.3) is 0 Å². The summed E-state index contributed by atoms with van der Waals surface area (Å²) in [4.78, 5) is 6.10. The van der Waals surface area contributed by atoms with Crippen molar-refractivity contribution in [2.75, 3.05) is 46.6 Å². The first kappa shape index (κ1) is 17.8. The van der Waals surface area contributed by atoms with Crippen LogP contribution in [-0.4, -0.2) is 74.6 Å². The van der Waals surface area contributed by atoms with Crippen molar-refractivity contribution in [3.05, 3.63) is 18.3 Å². The standard InChI is InChI=1S/C13H24N4O3S/c1-13(18,10-16(2)3)9-15-12-7-6-11(8-14-12)21(19,20)17(4)5/h6-8,18H,9-10H2,1-5H3,(H,14,15). The number of rotatable bonds is 7. The Morgan fingerprint density at radius 2 is 1.90 bits per heavy atom. The van der Waals surface area contributed by atoms with Gasteiger partial charge in [-0.2, -0.15) is 0 Å². The summed E-state index contributed by atoms with van der Waals surface area (Å²) in [7, 11) is 3.24. The fourth-order valence-electron chi connectivity index (χ4n) is 1.87. The molecule has 0 radical (unpaired) electrons. The second-order valence-corrected chi connectivity index (χ2v) is 7.91. The maximum Gasteiger partial charge on any atom is 0.244 e. The van der Waals surface area contributed by atoms with Crippen LogP contribution in [0, 0.1) is 0 Å². The predicted molar refractivity (Wildman–Crippen MR) is 82.8 cm³/mol. The topological polar surface area (TPSA) is 85.8 Å². The molecule has 0 bridgehead atoms. The molecular weight excluding hydrogens is 292 g/mol. The molecule has 1 aromatic heterocycles. The number of aromatic nitrogens is 1. The second-order valence-electron chi connectivity index (χ2n) is 5.75. The Balaban J connectivity index is 2.72. The third-order valence-corrected chi connectivity index (χ3v) is 4.62. The Hall–Kier alpha value is -1.22. The lowest BCUT2D eigenvalue weighted by molar-refractivity contribution is 0.0459. The van der Waals surface area contributed by atoms with Gasteiger partial charge in [0.15, 0.2) is 0 Å². The molecule has 0 aliphatic carbocycles. The van der Waals surface area contributed by atoms with E-state index in [1.807, 2.05) is 19.0 Å². The van der Waals surface area contributed by atoms with Crippen molar-refractivity contribution in [2.45, 2.75) is 17.4 Å². The minimum Gasteiger partial charge on any atom is -0.387 e. The number of pyridine rings is 1. The molecule has 0 aliphatic heterocycles. The Kier molecular flexibility index (Phi) is 5.68. The molecule has 120 valence electrons. The van der Waals surface area contributed by atoms with Gasteiger partial charge in [-0.15, -0.1) is 0 Å². The molecular formula is C13H24N4O3S. The Bertz CT molecular complexity index is 553. The van der Waals surface area contributed by atoms with Crippen LogP contribution >= 0.6 is 0 Å². The molecule has 0 saturated heterocycles. The highest BCUT2D eigenvalue weighted by molar-refractivity contribution is 7.89. The largest absolute Gasteiger partial charge is 0.387 e. The molecule has 0 aliphatic rings. The average molecular weight is 316 g/mol. The number of sulfonamides is 1. The van der Waals surface area contributed by atoms with Crippen molar-refractivity contribution in [1.29, 1.82) is 0 Å². The van der Waals surface area contributed by atoms with Crippen LogP contribution in [0.1, 0.15) is 6.92 Å². The lowest BCUT2D eigenvalue weighted by atomic mass is 10.1. The van der Waals surface area contributed by atoms with Crippen LogP contribution in [0.4, 0.5) is 5.82 Å². The van der Waals surface area contributed by atoms with E-state index in [4.69, 9.17) is 0 Å². The highest BCUT2D eigenvalue weighted by Crippen LogP contribution is 2.14. The molecule has 0 amide bonds. The molecule has 0 saturated carbocycles. The number of anilines is 1. The molecule has 1 unspecified atom stereocenters. The first-order valence-corrected chi connectivity index (χ1v) is 7.98. The van der Waals surface area contributed by atoms with Crippen LogP contribution in [0.15, 0.2) is 23.2 Å². The average Bonchev–Trinajstić information content (AvgIpc) is 2.35. The SMILES string of the molecule is CN(C)CC(C)(O)CNc1ccc(S(=O)(=O)N(C)C)cn1. The van der Waals surface area contributed by atoms with Gasteiger partial charge in [-0.1, -0.05) is 0 Å². The van der Waals surface area contributed by atoms with E-state index in [1.54, 1.807) is 13.0 Å². The van der Waals surface area contributed by atoms with Crippen molar-refractivity contribution in [2.24, 2.45) is 0 Å². The molecule has 1 rings (SSSR count). The molecule has 0 spiro atoms. The Morgan fingerprint density at radius 3 is 2.33 bits per heavy atom. The van der Waals surface area contributed by atoms with Gasteiger partial charge in [-0.3, -0.25) is 0 Å². The summed E-state index contributed by atoms with van der Waals surface area (Å²) in [5.41, 5.74) is -0.903. The van der Waals surface area contributed by atoms with E-state index in [0.717, 1.165) is 4.31 Å².